The van der Waals surface area contributed by atoms with Crippen LogP contribution in [0.5, 0.6) is 5.75 Å². The van der Waals surface area contributed by atoms with Gasteiger partial charge in [0.2, 0.25) is 0 Å². The zero-order valence-electron chi connectivity index (χ0n) is 16.7. The molecule has 2 fully saturated rings. The van der Waals surface area contributed by atoms with Crippen LogP contribution < -0.4 is 14.5 Å². The van der Waals surface area contributed by atoms with Crippen LogP contribution in [0.3, 0.4) is 0 Å². The molecule has 1 aromatic rings. The van der Waals surface area contributed by atoms with Gasteiger partial charge in [-0.1, -0.05) is 28.9 Å². The molecule has 4 rings (SSSR count). The number of nitrogens with two attached hydrogens (primary N) is 2. The van der Waals surface area contributed by atoms with E-state index in [2.05, 4.69) is 22.9 Å². The van der Waals surface area contributed by atoms with Gasteiger partial charge in [0.05, 0.1) is 6.10 Å². The first kappa shape index (κ1) is 22.5. The van der Waals surface area contributed by atoms with Crippen LogP contribution in [-0.2, 0) is 31.2 Å². The Hall–Kier alpha value is -0.720. The van der Waals surface area contributed by atoms with Crippen molar-refractivity contribution >= 4 is 36.5 Å². The normalized spacial score (nSPS) is 35.9. The fourth-order valence-electron chi connectivity index (χ4n) is 6.42. The van der Waals surface area contributed by atoms with Crippen LogP contribution in [0.25, 0.3) is 0 Å². The molecule has 168 valence electrons. The highest BCUT2D eigenvalue weighted by Crippen LogP contribution is 2.64. The van der Waals surface area contributed by atoms with Crippen molar-refractivity contribution in [1.29, 1.82) is 0 Å². The monoisotopic (exact) mass is 522 g/mol. The third-order valence-corrected chi connectivity index (χ3v) is 9.19. The van der Waals surface area contributed by atoms with Crippen molar-refractivity contribution in [2.75, 3.05) is 0 Å². The molecule has 3 aliphatic rings. The van der Waals surface area contributed by atoms with E-state index in [9.17, 15) is 16.8 Å². The first-order valence-electron chi connectivity index (χ1n) is 10.1. The van der Waals surface area contributed by atoms with Crippen LogP contribution in [-0.4, -0.2) is 27.8 Å². The maximum Gasteiger partial charge on any atom is 0.380 e. The van der Waals surface area contributed by atoms with Crippen LogP contribution in [0.15, 0.2) is 18.2 Å². The molecule has 0 saturated heterocycles. The number of fused-ring (bicyclic) bond motifs is 5. The van der Waals surface area contributed by atoms with Gasteiger partial charge in [-0.15, -0.1) is 0 Å². The van der Waals surface area contributed by atoms with Gasteiger partial charge < -0.3 is 4.18 Å². The predicted molar refractivity (Wildman–Crippen MR) is 115 cm³/mol. The number of aryl methyl sites for hydroxylation is 1. The van der Waals surface area contributed by atoms with Gasteiger partial charge in [-0.2, -0.15) is 22.0 Å². The average Bonchev–Trinajstić information content (AvgIpc) is 2.91. The predicted octanol–water partition coefficient (Wildman–Crippen LogP) is 2.48. The van der Waals surface area contributed by atoms with Crippen molar-refractivity contribution < 1.29 is 25.2 Å². The standard InChI is InChI=1S/C19H27BrN2O6S2/c1-2-19-8-7-14-13-6-4-12(27-29(21,23)24)9-11(13)3-5-15(14)16(19)10-17(20)18(19)28-30(22,25)26/h4,6,9,14-18H,2-3,5,7-8,10H2,1H3,(H2,21,23,24)(H2,22,25,26)/t14-,15-,16+,17-,18+,19+/m1/s1. The summed E-state index contributed by atoms with van der Waals surface area (Å²) in [5.74, 6) is 1.31. The van der Waals surface area contributed by atoms with Gasteiger partial charge in [-0.3, -0.25) is 4.18 Å². The van der Waals surface area contributed by atoms with Crippen molar-refractivity contribution in [3.63, 3.8) is 0 Å². The summed E-state index contributed by atoms with van der Waals surface area (Å²) in [6.07, 6.45) is 4.74. The van der Waals surface area contributed by atoms with Gasteiger partial charge in [0.1, 0.15) is 5.75 Å². The Bertz CT molecular complexity index is 1050. The summed E-state index contributed by atoms with van der Waals surface area (Å²) in [5.41, 5.74) is 2.09. The van der Waals surface area contributed by atoms with Crippen LogP contribution in [0.2, 0.25) is 0 Å². The highest BCUT2D eigenvalue weighted by Gasteiger charge is 2.60. The highest BCUT2D eigenvalue weighted by atomic mass is 79.9. The fourth-order valence-corrected chi connectivity index (χ4v) is 8.58. The van der Waals surface area contributed by atoms with Gasteiger partial charge in [0, 0.05) is 10.2 Å². The van der Waals surface area contributed by atoms with Crippen LogP contribution in [0, 0.1) is 17.3 Å². The number of benzene rings is 1. The summed E-state index contributed by atoms with van der Waals surface area (Å²) in [6.45, 7) is 2.10. The number of hydrogen-bond donors (Lipinski definition) is 2. The summed E-state index contributed by atoms with van der Waals surface area (Å²) < 4.78 is 56.1. The minimum Gasteiger partial charge on any atom is -0.371 e. The second kappa shape index (κ2) is 7.70. The molecule has 0 unspecified atom stereocenters. The Kier molecular flexibility index (Phi) is 5.77. The lowest BCUT2D eigenvalue weighted by Gasteiger charge is -2.51. The van der Waals surface area contributed by atoms with E-state index >= 15 is 0 Å². The lowest BCUT2D eigenvalue weighted by atomic mass is 9.54. The Morgan fingerprint density at radius 3 is 2.53 bits per heavy atom. The zero-order chi connectivity index (χ0) is 21.9. The van der Waals surface area contributed by atoms with E-state index in [1.807, 2.05) is 6.07 Å². The molecule has 0 radical (unpaired) electrons. The van der Waals surface area contributed by atoms with Crippen molar-refractivity contribution in [3.05, 3.63) is 29.3 Å². The third kappa shape index (κ3) is 4.04. The zero-order valence-corrected chi connectivity index (χ0v) is 19.9. The van der Waals surface area contributed by atoms with Crippen molar-refractivity contribution in [1.82, 2.24) is 0 Å². The minimum atomic E-state index is -4.06. The molecule has 0 aliphatic heterocycles. The van der Waals surface area contributed by atoms with Gasteiger partial charge in [0.15, 0.2) is 0 Å². The summed E-state index contributed by atoms with van der Waals surface area (Å²) in [4.78, 5) is -0.0635. The molecule has 3 aliphatic carbocycles. The molecule has 0 aromatic heterocycles. The van der Waals surface area contributed by atoms with E-state index < -0.39 is 26.7 Å². The van der Waals surface area contributed by atoms with E-state index in [1.54, 1.807) is 12.1 Å². The van der Waals surface area contributed by atoms with E-state index in [0.29, 0.717) is 17.8 Å². The molecule has 0 bridgehead atoms. The smallest absolute Gasteiger partial charge is 0.371 e. The fraction of sp³-hybridized carbons (Fsp3) is 0.684. The van der Waals surface area contributed by atoms with Crippen molar-refractivity contribution in [2.45, 2.75) is 62.3 Å². The van der Waals surface area contributed by atoms with Crippen LogP contribution in [0.4, 0.5) is 0 Å². The molecule has 0 spiro atoms. The first-order valence-corrected chi connectivity index (χ1v) is 14.0. The van der Waals surface area contributed by atoms with Crippen molar-refractivity contribution in [2.24, 2.45) is 27.5 Å². The van der Waals surface area contributed by atoms with Gasteiger partial charge in [0.25, 0.3) is 0 Å². The average molecular weight is 523 g/mol. The molecule has 30 heavy (non-hydrogen) atoms. The summed E-state index contributed by atoms with van der Waals surface area (Å²) in [7, 11) is -8.10. The molecule has 8 nitrogen and oxygen atoms in total. The Balaban J connectivity index is 1.64. The maximum absolute atomic E-state index is 11.7. The number of halogens is 1. The topological polar surface area (TPSA) is 139 Å². The van der Waals surface area contributed by atoms with E-state index in [4.69, 9.17) is 18.6 Å². The molecule has 0 amide bonds. The second-order valence-electron chi connectivity index (χ2n) is 8.74. The quantitative estimate of drug-likeness (QED) is 0.569. The Labute approximate surface area is 186 Å². The SMILES string of the molecule is CC[C@]12CC[C@@H]3c4ccc(OS(N)(=O)=O)cc4CC[C@H]3[C@@H]1C[C@@H](Br)[C@@H]2OS(N)(=O)=O. The van der Waals surface area contributed by atoms with Crippen molar-refractivity contribution in [3.8, 4) is 5.75 Å². The molecule has 6 atom stereocenters. The lowest BCUT2D eigenvalue weighted by Crippen LogP contribution is -2.48. The van der Waals surface area contributed by atoms with Gasteiger partial charge in [-0.05, 0) is 79.5 Å². The number of alkyl halides is 1. The van der Waals surface area contributed by atoms with Gasteiger partial charge >= 0.3 is 20.6 Å². The second-order valence-corrected chi connectivity index (χ2v) is 12.2. The lowest BCUT2D eigenvalue weighted by molar-refractivity contribution is -0.0246. The van der Waals surface area contributed by atoms with Gasteiger partial charge in [-0.25, -0.2) is 5.14 Å². The van der Waals surface area contributed by atoms with Crippen LogP contribution >= 0.6 is 15.9 Å². The first-order chi connectivity index (χ1) is 13.9. The maximum atomic E-state index is 11.7. The number of rotatable bonds is 5. The summed E-state index contributed by atoms with van der Waals surface area (Å²) >= 11 is 3.68. The molecular weight excluding hydrogens is 496 g/mol. The molecule has 4 N–H and O–H groups in total. The molecule has 11 heteroatoms. The largest absolute Gasteiger partial charge is 0.380 e. The summed E-state index contributed by atoms with van der Waals surface area (Å²) in [5, 5.41) is 10.2. The molecule has 0 heterocycles. The Morgan fingerprint density at radius 1 is 1.17 bits per heavy atom. The molecule has 2 saturated carbocycles. The van der Waals surface area contributed by atoms with E-state index in [-0.39, 0.29) is 16.0 Å². The van der Waals surface area contributed by atoms with Crippen LogP contribution in [0.1, 0.15) is 56.1 Å². The van der Waals surface area contributed by atoms with E-state index in [1.165, 1.54) is 5.56 Å². The Morgan fingerprint density at radius 2 is 1.90 bits per heavy atom. The highest BCUT2D eigenvalue weighted by molar-refractivity contribution is 9.09. The minimum absolute atomic E-state index is 0.0635. The summed E-state index contributed by atoms with van der Waals surface area (Å²) in [6, 6.07) is 5.37. The molecular formula is C19H27BrN2O6S2. The third-order valence-electron chi connectivity index (χ3n) is 7.44. The number of hydrogen-bond acceptors (Lipinski definition) is 6. The molecule has 1 aromatic carbocycles. The van der Waals surface area contributed by atoms with E-state index in [0.717, 1.165) is 44.1 Å².